The molecule has 0 atom stereocenters. The maximum Gasteiger partial charge on any atom is 0.0527 e. The van der Waals surface area contributed by atoms with E-state index in [1.165, 1.54) is 11.1 Å². The molecule has 0 saturated heterocycles. The lowest BCUT2D eigenvalue weighted by Gasteiger charge is -2.13. The average Bonchev–Trinajstić information content (AvgIpc) is 2.99. The summed E-state index contributed by atoms with van der Waals surface area (Å²) in [4.78, 5) is 0. The van der Waals surface area contributed by atoms with Gasteiger partial charge in [0.2, 0.25) is 0 Å². The molecule has 1 aliphatic carbocycles. The van der Waals surface area contributed by atoms with Gasteiger partial charge in [0.1, 0.15) is 0 Å². The van der Waals surface area contributed by atoms with Crippen molar-refractivity contribution in [1.29, 1.82) is 0 Å². The first-order valence-electron chi connectivity index (χ1n) is 5.39. The molecule has 1 N–H and O–H groups in total. The molecule has 1 fully saturated rings. The zero-order chi connectivity index (χ0) is 10.2. The maximum atomic E-state index is 9.29. The number of hydrogen-bond acceptors (Lipinski definition) is 1. The van der Waals surface area contributed by atoms with E-state index in [0.29, 0.717) is 12.5 Å². The highest BCUT2D eigenvalue weighted by Crippen LogP contribution is 2.47. The van der Waals surface area contributed by atoms with Crippen LogP contribution in [-0.2, 0) is 5.41 Å². The summed E-state index contributed by atoms with van der Waals surface area (Å²) >= 11 is 0. The molecule has 0 unspecified atom stereocenters. The number of hydrogen-bond donors (Lipinski definition) is 1. The summed E-state index contributed by atoms with van der Waals surface area (Å²) in [7, 11) is 0. The fraction of sp³-hybridized carbons (Fsp3) is 0.538. The van der Waals surface area contributed by atoms with Gasteiger partial charge in [0.25, 0.3) is 0 Å². The highest BCUT2D eigenvalue weighted by Gasteiger charge is 2.43. The molecule has 0 spiro atoms. The second-order valence-corrected chi connectivity index (χ2v) is 4.72. The molecule has 0 radical (unpaired) electrons. The first-order chi connectivity index (χ1) is 6.68. The lowest BCUT2D eigenvalue weighted by Crippen LogP contribution is -2.11. The van der Waals surface area contributed by atoms with Crippen molar-refractivity contribution in [3.05, 3.63) is 35.4 Å². The van der Waals surface area contributed by atoms with E-state index in [9.17, 15) is 5.11 Å². The van der Waals surface area contributed by atoms with Crippen molar-refractivity contribution >= 4 is 0 Å². The molecule has 0 aliphatic heterocycles. The Morgan fingerprint density at radius 3 is 2.14 bits per heavy atom. The maximum absolute atomic E-state index is 9.29. The summed E-state index contributed by atoms with van der Waals surface area (Å²) in [5.41, 5.74) is 2.81. The largest absolute Gasteiger partial charge is 0.395 e. The van der Waals surface area contributed by atoms with E-state index in [4.69, 9.17) is 0 Å². The van der Waals surface area contributed by atoms with Gasteiger partial charge in [-0.3, -0.25) is 0 Å². The van der Waals surface area contributed by atoms with Crippen molar-refractivity contribution in [1.82, 2.24) is 0 Å². The van der Waals surface area contributed by atoms with Crippen molar-refractivity contribution in [2.24, 2.45) is 0 Å². The van der Waals surface area contributed by atoms with Crippen molar-refractivity contribution in [3.8, 4) is 0 Å². The molecule has 0 heterocycles. The van der Waals surface area contributed by atoms with E-state index in [1.807, 2.05) is 0 Å². The van der Waals surface area contributed by atoms with Gasteiger partial charge in [0.15, 0.2) is 0 Å². The van der Waals surface area contributed by atoms with Gasteiger partial charge in [-0.05, 0) is 29.9 Å². The summed E-state index contributed by atoms with van der Waals surface area (Å²) in [6.07, 6.45) is 2.29. The Hall–Kier alpha value is -0.820. The highest BCUT2D eigenvalue weighted by molar-refractivity contribution is 5.34. The van der Waals surface area contributed by atoms with E-state index in [0.717, 1.165) is 12.8 Å². The summed E-state index contributed by atoms with van der Waals surface area (Å²) in [6, 6.07) is 8.74. The minimum absolute atomic E-state index is 0.121. The first kappa shape index (κ1) is 9.72. The first-order valence-corrected chi connectivity index (χ1v) is 5.39. The average molecular weight is 190 g/mol. The molecule has 1 nitrogen and oxygen atoms in total. The van der Waals surface area contributed by atoms with E-state index < -0.39 is 0 Å². The van der Waals surface area contributed by atoms with Gasteiger partial charge in [0.05, 0.1) is 6.61 Å². The Morgan fingerprint density at radius 2 is 1.79 bits per heavy atom. The minimum Gasteiger partial charge on any atom is -0.395 e. The minimum atomic E-state index is 0.121. The molecule has 1 aromatic carbocycles. The van der Waals surface area contributed by atoms with Crippen LogP contribution in [0, 0.1) is 0 Å². The zero-order valence-electron chi connectivity index (χ0n) is 8.96. The zero-order valence-corrected chi connectivity index (χ0v) is 8.96. The predicted octanol–water partition coefficient (Wildman–Crippen LogP) is 2.83. The molecule has 14 heavy (non-hydrogen) atoms. The quantitative estimate of drug-likeness (QED) is 0.777. The van der Waals surface area contributed by atoms with Gasteiger partial charge in [-0.2, -0.15) is 0 Å². The Balaban J connectivity index is 2.22. The molecule has 1 aromatic rings. The Labute approximate surface area is 85.8 Å². The van der Waals surface area contributed by atoms with Crippen LogP contribution < -0.4 is 0 Å². The number of aliphatic hydroxyl groups is 1. The van der Waals surface area contributed by atoms with Gasteiger partial charge in [0, 0.05) is 5.41 Å². The van der Waals surface area contributed by atoms with Gasteiger partial charge in [-0.1, -0.05) is 38.1 Å². The number of aliphatic hydroxyl groups excluding tert-OH is 1. The van der Waals surface area contributed by atoms with E-state index in [-0.39, 0.29) is 5.41 Å². The van der Waals surface area contributed by atoms with E-state index in [1.54, 1.807) is 0 Å². The van der Waals surface area contributed by atoms with Crippen LogP contribution in [0.1, 0.15) is 43.7 Å². The van der Waals surface area contributed by atoms with Crippen LogP contribution in [0.2, 0.25) is 0 Å². The molecule has 1 heteroatoms. The van der Waals surface area contributed by atoms with Crippen LogP contribution in [0.25, 0.3) is 0 Å². The standard InChI is InChI=1S/C13H18O/c1-10(2)11-3-5-12(6-4-11)13(9-14)7-8-13/h3-6,10,14H,7-9H2,1-2H3. The lowest BCUT2D eigenvalue weighted by atomic mass is 9.94. The van der Waals surface area contributed by atoms with Crippen LogP contribution in [0.5, 0.6) is 0 Å². The van der Waals surface area contributed by atoms with Crippen molar-refractivity contribution in [2.75, 3.05) is 6.61 Å². The molecule has 76 valence electrons. The Bertz CT molecular complexity index is 307. The van der Waals surface area contributed by atoms with Crippen LogP contribution in [0.4, 0.5) is 0 Å². The predicted molar refractivity (Wildman–Crippen MR) is 58.5 cm³/mol. The normalized spacial score (nSPS) is 18.6. The second kappa shape index (κ2) is 3.39. The highest BCUT2D eigenvalue weighted by atomic mass is 16.3. The fourth-order valence-corrected chi connectivity index (χ4v) is 1.91. The van der Waals surface area contributed by atoms with Gasteiger partial charge < -0.3 is 5.11 Å². The van der Waals surface area contributed by atoms with Crippen LogP contribution in [0.15, 0.2) is 24.3 Å². The smallest absolute Gasteiger partial charge is 0.0527 e. The van der Waals surface area contributed by atoms with Crippen molar-refractivity contribution in [3.63, 3.8) is 0 Å². The van der Waals surface area contributed by atoms with Gasteiger partial charge in [-0.15, -0.1) is 0 Å². The van der Waals surface area contributed by atoms with Crippen molar-refractivity contribution in [2.45, 2.75) is 38.0 Å². The van der Waals surface area contributed by atoms with Gasteiger partial charge >= 0.3 is 0 Å². The number of benzene rings is 1. The summed E-state index contributed by atoms with van der Waals surface area (Å²) in [6.45, 7) is 4.70. The molecule has 1 aliphatic rings. The topological polar surface area (TPSA) is 20.2 Å². The number of rotatable bonds is 3. The lowest BCUT2D eigenvalue weighted by molar-refractivity contribution is 0.255. The molecule has 0 amide bonds. The summed E-state index contributed by atoms with van der Waals surface area (Å²) < 4.78 is 0. The third-order valence-electron chi connectivity index (χ3n) is 3.35. The van der Waals surface area contributed by atoms with Crippen LogP contribution in [-0.4, -0.2) is 11.7 Å². The molecule has 1 saturated carbocycles. The van der Waals surface area contributed by atoms with Crippen LogP contribution >= 0.6 is 0 Å². The molecule has 0 aromatic heterocycles. The van der Waals surface area contributed by atoms with Gasteiger partial charge in [-0.25, -0.2) is 0 Å². The molecule has 0 bridgehead atoms. The van der Waals surface area contributed by atoms with E-state index in [2.05, 4.69) is 38.1 Å². The van der Waals surface area contributed by atoms with E-state index >= 15 is 0 Å². The summed E-state index contributed by atoms with van der Waals surface area (Å²) in [5, 5.41) is 9.29. The fourth-order valence-electron chi connectivity index (χ4n) is 1.91. The van der Waals surface area contributed by atoms with Crippen LogP contribution in [0.3, 0.4) is 0 Å². The molecular formula is C13H18O. The summed E-state index contributed by atoms with van der Waals surface area (Å²) in [5.74, 6) is 0.591. The Kier molecular flexibility index (Phi) is 2.36. The third kappa shape index (κ3) is 1.57. The SMILES string of the molecule is CC(C)c1ccc(C2(CO)CC2)cc1. The monoisotopic (exact) mass is 190 g/mol. The molecular weight excluding hydrogens is 172 g/mol. The van der Waals surface area contributed by atoms with Crippen molar-refractivity contribution < 1.29 is 5.11 Å². The third-order valence-corrected chi connectivity index (χ3v) is 3.35. The Morgan fingerprint density at radius 1 is 1.21 bits per heavy atom. The second-order valence-electron chi connectivity index (χ2n) is 4.72. The molecule has 2 rings (SSSR count).